The lowest BCUT2D eigenvalue weighted by Gasteiger charge is -2.06. The van der Waals surface area contributed by atoms with Crippen LogP contribution in [-0.4, -0.2) is 13.1 Å². The number of benzene rings is 1. The Morgan fingerprint density at radius 2 is 2.06 bits per heavy atom. The van der Waals surface area contributed by atoms with E-state index >= 15 is 0 Å². The van der Waals surface area contributed by atoms with E-state index < -0.39 is 0 Å². The van der Waals surface area contributed by atoms with Crippen LogP contribution in [0.1, 0.15) is 18.2 Å². The minimum absolute atomic E-state index is 0.437. The summed E-state index contributed by atoms with van der Waals surface area (Å²) in [6.07, 6.45) is 0.919. The van der Waals surface area contributed by atoms with E-state index in [1.807, 2.05) is 13.1 Å². The van der Waals surface area contributed by atoms with E-state index in [4.69, 9.17) is 4.42 Å². The zero-order valence-electron chi connectivity index (χ0n) is 10.7. The molecule has 0 aliphatic carbocycles. The Bertz CT molecular complexity index is 487. The van der Waals surface area contributed by atoms with Crippen molar-refractivity contribution in [3.05, 3.63) is 47.7 Å². The summed E-state index contributed by atoms with van der Waals surface area (Å²) in [4.78, 5) is 0. The van der Waals surface area contributed by atoms with Crippen LogP contribution in [0.3, 0.4) is 0 Å². The highest BCUT2D eigenvalue weighted by molar-refractivity contribution is 5.58. The molecule has 1 heterocycles. The summed E-state index contributed by atoms with van der Waals surface area (Å²) in [6, 6.07) is 12.9. The van der Waals surface area contributed by atoms with Gasteiger partial charge in [0.15, 0.2) is 0 Å². The second kappa shape index (κ2) is 5.19. The number of furan rings is 1. The molecule has 0 saturated carbocycles. The molecular formula is C15H19NO. The van der Waals surface area contributed by atoms with Gasteiger partial charge in [0.1, 0.15) is 11.5 Å². The van der Waals surface area contributed by atoms with E-state index in [-0.39, 0.29) is 0 Å². The maximum absolute atomic E-state index is 5.86. The molecule has 2 rings (SSSR count). The molecule has 0 spiro atoms. The van der Waals surface area contributed by atoms with Gasteiger partial charge < -0.3 is 9.73 Å². The van der Waals surface area contributed by atoms with Gasteiger partial charge in [-0.3, -0.25) is 0 Å². The van der Waals surface area contributed by atoms with Crippen LogP contribution >= 0.6 is 0 Å². The first-order valence-electron chi connectivity index (χ1n) is 6.02. The first-order chi connectivity index (χ1) is 8.19. The van der Waals surface area contributed by atoms with Crippen LogP contribution in [0.2, 0.25) is 0 Å². The van der Waals surface area contributed by atoms with Crippen molar-refractivity contribution in [1.82, 2.24) is 5.32 Å². The van der Waals surface area contributed by atoms with Crippen molar-refractivity contribution in [3.8, 4) is 11.3 Å². The highest BCUT2D eigenvalue weighted by Crippen LogP contribution is 2.23. The lowest BCUT2D eigenvalue weighted by atomic mass is 10.1. The minimum atomic E-state index is 0.437. The smallest absolute Gasteiger partial charge is 0.134 e. The van der Waals surface area contributed by atoms with E-state index in [2.05, 4.69) is 49.5 Å². The van der Waals surface area contributed by atoms with Gasteiger partial charge in [-0.15, -0.1) is 0 Å². The molecule has 0 aliphatic heterocycles. The van der Waals surface area contributed by atoms with Crippen LogP contribution in [0.5, 0.6) is 0 Å². The molecule has 0 bridgehead atoms. The van der Waals surface area contributed by atoms with Crippen LogP contribution in [0.25, 0.3) is 11.3 Å². The van der Waals surface area contributed by atoms with Crippen molar-refractivity contribution in [1.29, 1.82) is 0 Å². The van der Waals surface area contributed by atoms with Gasteiger partial charge in [0, 0.05) is 18.0 Å². The molecule has 1 unspecified atom stereocenters. The van der Waals surface area contributed by atoms with E-state index in [1.54, 1.807) is 0 Å². The zero-order valence-corrected chi connectivity index (χ0v) is 10.7. The topological polar surface area (TPSA) is 25.2 Å². The first kappa shape index (κ1) is 11.9. The normalized spacial score (nSPS) is 12.6. The first-order valence-corrected chi connectivity index (χ1v) is 6.02. The predicted octanol–water partition coefficient (Wildman–Crippen LogP) is 3.41. The predicted molar refractivity (Wildman–Crippen MR) is 71.1 cm³/mol. The Morgan fingerprint density at radius 3 is 2.76 bits per heavy atom. The second-order valence-corrected chi connectivity index (χ2v) is 4.53. The van der Waals surface area contributed by atoms with Gasteiger partial charge in [0.2, 0.25) is 0 Å². The molecule has 0 radical (unpaired) electrons. The van der Waals surface area contributed by atoms with Crippen LogP contribution in [0.4, 0.5) is 0 Å². The third kappa shape index (κ3) is 2.98. The van der Waals surface area contributed by atoms with Gasteiger partial charge in [-0.05, 0) is 39.1 Å². The van der Waals surface area contributed by atoms with Crippen molar-refractivity contribution < 1.29 is 4.42 Å². The number of hydrogen-bond donors (Lipinski definition) is 1. The summed E-state index contributed by atoms with van der Waals surface area (Å²) in [7, 11) is 1.97. The van der Waals surface area contributed by atoms with Crippen molar-refractivity contribution in [2.75, 3.05) is 7.05 Å². The maximum Gasteiger partial charge on any atom is 0.134 e. The van der Waals surface area contributed by atoms with E-state index in [9.17, 15) is 0 Å². The summed E-state index contributed by atoms with van der Waals surface area (Å²) in [5.74, 6) is 1.98. The molecular weight excluding hydrogens is 210 g/mol. The average Bonchev–Trinajstić information content (AvgIpc) is 2.77. The number of rotatable bonds is 4. The highest BCUT2D eigenvalue weighted by atomic mass is 16.3. The molecule has 2 nitrogen and oxygen atoms in total. The maximum atomic E-state index is 5.86. The fraction of sp³-hybridized carbons (Fsp3) is 0.333. The average molecular weight is 229 g/mol. The summed E-state index contributed by atoms with van der Waals surface area (Å²) in [5, 5.41) is 3.21. The van der Waals surface area contributed by atoms with Gasteiger partial charge in [0.25, 0.3) is 0 Å². The second-order valence-electron chi connectivity index (χ2n) is 4.53. The fourth-order valence-corrected chi connectivity index (χ4v) is 1.84. The number of likely N-dealkylation sites (N-methyl/N-ethyl adjacent to an activating group) is 1. The van der Waals surface area contributed by atoms with Crippen LogP contribution < -0.4 is 5.32 Å². The molecule has 0 saturated heterocycles. The van der Waals surface area contributed by atoms with Crippen molar-refractivity contribution in [2.24, 2.45) is 0 Å². The van der Waals surface area contributed by atoms with Gasteiger partial charge in [-0.2, -0.15) is 0 Å². The van der Waals surface area contributed by atoms with Gasteiger partial charge in [-0.25, -0.2) is 0 Å². The fourth-order valence-electron chi connectivity index (χ4n) is 1.84. The Hall–Kier alpha value is -1.54. The van der Waals surface area contributed by atoms with Crippen LogP contribution in [-0.2, 0) is 6.42 Å². The van der Waals surface area contributed by atoms with Crippen molar-refractivity contribution in [2.45, 2.75) is 26.3 Å². The summed E-state index contributed by atoms with van der Waals surface area (Å²) in [6.45, 7) is 4.24. The molecule has 2 heteroatoms. The molecule has 90 valence electrons. The largest absolute Gasteiger partial charge is 0.461 e. The molecule has 1 atom stereocenters. The SMILES string of the molecule is CNC(C)Cc1ccc(-c2cccc(C)c2)o1. The standard InChI is InChI=1S/C15H19NO/c1-11-5-4-6-13(9-11)15-8-7-14(17-15)10-12(2)16-3/h4-9,12,16H,10H2,1-3H3. The minimum Gasteiger partial charge on any atom is -0.461 e. The summed E-state index contributed by atoms with van der Waals surface area (Å²) in [5.41, 5.74) is 2.40. The van der Waals surface area contributed by atoms with Gasteiger partial charge in [-0.1, -0.05) is 23.8 Å². The summed E-state index contributed by atoms with van der Waals surface area (Å²) >= 11 is 0. The summed E-state index contributed by atoms with van der Waals surface area (Å²) < 4.78 is 5.86. The number of hydrogen-bond acceptors (Lipinski definition) is 2. The zero-order chi connectivity index (χ0) is 12.3. The Morgan fingerprint density at radius 1 is 1.24 bits per heavy atom. The highest BCUT2D eigenvalue weighted by Gasteiger charge is 2.07. The third-order valence-electron chi connectivity index (χ3n) is 2.96. The lowest BCUT2D eigenvalue weighted by molar-refractivity contribution is 0.481. The molecule has 2 aromatic rings. The molecule has 1 aromatic heterocycles. The lowest BCUT2D eigenvalue weighted by Crippen LogP contribution is -2.23. The van der Waals surface area contributed by atoms with E-state index in [0.717, 1.165) is 23.5 Å². The van der Waals surface area contributed by atoms with Gasteiger partial charge >= 0.3 is 0 Å². The third-order valence-corrected chi connectivity index (χ3v) is 2.96. The Kier molecular flexibility index (Phi) is 3.64. The van der Waals surface area contributed by atoms with Crippen molar-refractivity contribution >= 4 is 0 Å². The molecule has 17 heavy (non-hydrogen) atoms. The van der Waals surface area contributed by atoms with Crippen LogP contribution in [0, 0.1) is 6.92 Å². The quantitative estimate of drug-likeness (QED) is 0.869. The van der Waals surface area contributed by atoms with E-state index in [0.29, 0.717) is 6.04 Å². The monoisotopic (exact) mass is 229 g/mol. The molecule has 1 N–H and O–H groups in total. The molecule has 0 aliphatic rings. The van der Waals surface area contributed by atoms with Gasteiger partial charge in [0.05, 0.1) is 0 Å². The number of aryl methyl sites for hydroxylation is 1. The Balaban J connectivity index is 2.18. The molecule has 0 amide bonds. The van der Waals surface area contributed by atoms with Crippen molar-refractivity contribution in [3.63, 3.8) is 0 Å². The van der Waals surface area contributed by atoms with Crippen LogP contribution in [0.15, 0.2) is 40.8 Å². The van der Waals surface area contributed by atoms with E-state index in [1.165, 1.54) is 5.56 Å². The number of nitrogens with one attached hydrogen (secondary N) is 1. The molecule has 0 fully saturated rings. The molecule has 1 aromatic carbocycles. The Labute approximate surface area is 103 Å².